The van der Waals surface area contributed by atoms with Crippen LogP contribution in [0.4, 0.5) is 5.69 Å². The molecule has 3 aromatic rings. The highest BCUT2D eigenvalue weighted by atomic mass is 79.9. The number of aromatic nitrogens is 2. The summed E-state index contributed by atoms with van der Waals surface area (Å²) >= 11 is 4.54. The predicted octanol–water partition coefficient (Wildman–Crippen LogP) is 3.82. The van der Waals surface area contributed by atoms with Crippen molar-refractivity contribution in [2.24, 2.45) is 0 Å². The highest BCUT2D eigenvalue weighted by molar-refractivity contribution is 9.10. The molecular formula is C14H10BrN3O3S. The normalized spacial score (nSPS) is 10.6. The number of furan rings is 1. The molecule has 0 fully saturated rings. The summed E-state index contributed by atoms with van der Waals surface area (Å²) in [7, 11) is 0. The minimum atomic E-state index is -0.158. The van der Waals surface area contributed by atoms with Crippen molar-refractivity contribution in [3.05, 3.63) is 47.1 Å². The van der Waals surface area contributed by atoms with Gasteiger partial charge in [-0.2, -0.15) is 0 Å². The number of anilines is 1. The van der Waals surface area contributed by atoms with Crippen LogP contribution in [0.25, 0.3) is 11.7 Å². The van der Waals surface area contributed by atoms with Crippen LogP contribution in [-0.4, -0.2) is 21.9 Å². The van der Waals surface area contributed by atoms with Crippen molar-refractivity contribution in [2.45, 2.75) is 5.22 Å². The standard InChI is InChI=1S/C14H10BrN3O3S/c15-9-4-1-2-5-10(9)16-12(19)8-22-14-18-17-13(21-14)11-6-3-7-20-11/h1-7H,8H2,(H,16,19). The van der Waals surface area contributed by atoms with E-state index in [1.807, 2.05) is 24.3 Å². The van der Waals surface area contributed by atoms with Crippen LogP contribution in [-0.2, 0) is 4.79 Å². The number of rotatable bonds is 5. The molecule has 0 aliphatic rings. The third-order valence-corrected chi connectivity index (χ3v) is 4.12. The molecule has 3 rings (SSSR count). The second kappa shape index (κ2) is 6.80. The van der Waals surface area contributed by atoms with Gasteiger partial charge in [-0.25, -0.2) is 0 Å². The molecule has 2 aromatic heterocycles. The lowest BCUT2D eigenvalue weighted by molar-refractivity contribution is -0.113. The molecule has 22 heavy (non-hydrogen) atoms. The lowest BCUT2D eigenvalue weighted by Crippen LogP contribution is -2.14. The molecule has 1 aromatic carbocycles. The predicted molar refractivity (Wildman–Crippen MR) is 85.5 cm³/mol. The number of hydrogen-bond acceptors (Lipinski definition) is 6. The van der Waals surface area contributed by atoms with Gasteiger partial charge in [0.15, 0.2) is 5.76 Å². The minimum absolute atomic E-state index is 0.158. The van der Waals surface area contributed by atoms with E-state index >= 15 is 0 Å². The number of hydrogen-bond donors (Lipinski definition) is 1. The number of nitrogens with zero attached hydrogens (tertiary/aromatic N) is 2. The number of thioether (sulfide) groups is 1. The van der Waals surface area contributed by atoms with Crippen LogP contribution in [0.2, 0.25) is 0 Å². The fourth-order valence-electron chi connectivity index (χ4n) is 1.64. The van der Waals surface area contributed by atoms with Crippen molar-refractivity contribution in [1.82, 2.24) is 10.2 Å². The van der Waals surface area contributed by atoms with Gasteiger partial charge in [0.2, 0.25) is 5.91 Å². The molecule has 1 amide bonds. The number of carbonyl (C=O) groups excluding carboxylic acids is 1. The van der Waals surface area contributed by atoms with Crippen molar-refractivity contribution in [3.8, 4) is 11.7 Å². The summed E-state index contributed by atoms with van der Waals surface area (Å²) in [6, 6.07) is 10.9. The van der Waals surface area contributed by atoms with Crippen LogP contribution in [0.5, 0.6) is 0 Å². The first-order valence-electron chi connectivity index (χ1n) is 6.27. The molecule has 6 nitrogen and oxygen atoms in total. The number of halogens is 1. The van der Waals surface area contributed by atoms with Crippen molar-refractivity contribution < 1.29 is 13.6 Å². The number of amides is 1. The Balaban J connectivity index is 1.56. The van der Waals surface area contributed by atoms with Crippen LogP contribution >= 0.6 is 27.7 Å². The minimum Gasteiger partial charge on any atom is -0.459 e. The van der Waals surface area contributed by atoms with E-state index in [0.29, 0.717) is 16.9 Å². The van der Waals surface area contributed by atoms with Crippen LogP contribution in [0.3, 0.4) is 0 Å². The molecule has 0 unspecified atom stereocenters. The number of carbonyl (C=O) groups is 1. The van der Waals surface area contributed by atoms with Gasteiger partial charge in [-0.05, 0) is 40.2 Å². The number of benzene rings is 1. The van der Waals surface area contributed by atoms with E-state index in [4.69, 9.17) is 8.83 Å². The molecule has 0 aliphatic carbocycles. The topological polar surface area (TPSA) is 81.2 Å². The van der Waals surface area contributed by atoms with Crippen LogP contribution in [0, 0.1) is 0 Å². The van der Waals surface area contributed by atoms with Gasteiger partial charge < -0.3 is 14.2 Å². The first kappa shape index (κ1) is 14.9. The van der Waals surface area contributed by atoms with Gasteiger partial charge in [0.1, 0.15) is 0 Å². The van der Waals surface area contributed by atoms with Gasteiger partial charge in [0.05, 0.1) is 17.7 Å². The van der Waals surface area contributed by atoms with E-state index in [-0.39, 0.29) is 11.7 Å². The van der Waals surface area contributed by atoms with E-state index in [2.05, 4.69) is 31.4 Å². The molecule has 112 valence electrons. The summed E-state index contributed by atoms with van der Waals surface area (Å²) in [6.07, 6.45) is 1.53. The van der Waals surface area contributed by atoms with Crippen molar-refractivity contribution >= 4 is 39.3 Å². The molecule has 1 N–H and O–H groups in total. The SMILES string of the molecule is O=C(CSc1nnc(-c2ccco2)o1)Nc1ccccc1Br. The Hall–Kier alpha value is -2.06. The third-order valence-electron chi connectivity index (χ3n) is 2.61. The van der Waals surface area contributed by atoms with Crippen molar-refractivity contribution in [3.63, 3.8) is 0 Å². The molecule has 0 saturated carbocycles. The first-order chi connectivity index (χ1) is 10.7. The highest BCUT2D eigenvalue weighted by Gasteiger charge is 2.13. The Morgan fingerprint density at radius 1 is 1.23 bits per heavy atom. The fourth-order valence-corrected chi connectivity index (χ4v) is 2.59. The lowest BCUT2D eigenvalue weighted by atomic mass is 10.3. The average molecular weight is 380 g/mol. The van der Waals surface area contributed by atoms with Crippen LogP contribution < -0.4 is 5.32 Å². The van der Waals surface area contributed by atoms with Gasteiger partial charge in [-0.15, -0.1) is 10.2 Å². The third kappa shape index (κ3) is 3.58. The molecule has 0 saturated heterocycles. The molecule has 0 atom stereocenters. The molecule has 0 radical (unpaired) electrons. The quantitative estimate of drug-likeness (QED) is 0.678. The zero-order valence-electron chi connectivity index (χ0n) is 11.2. The maximum atomic E-state index is 11.9. The van der Waals surface area contributed by atoms with Gasteiger partial charge in [0.25, 0.3) is 11.1 Å². The van der Waals surface area contributed by atoms with Crippen molar-refractivity contribution in [1.29, 1.82) is 0 Å². The van der Waals surface area contributed by atoms with Gasteiger partial charge in [-0.1, -0.05) is 23.9 Å². The molecule has 0 bridgehead atoms. The van der Waals surface area contributed by atoms with E-state index in [1.54, 1.807) is 12.1 Å². The first-order valence-corrected chi connectivity index (χ1v) is 8.05. The smallest absolute Gasteiger partial charge is 0.284 e. The second-order valence-electron chi connectivity index (χ2n) is 4.17. The monoisotopic (exact) mass is 379 g/mol. The summed E-state index contributed by atoms with van der Waals surface area (Å²) in [4.78, 5) is 11.9. The lowest BCUT2D eigenvalue weighted by Gasteiger charge is -2.05. The van der Waals surface area contributed by atoms with Crippen molar-refractivity contribution in [2.75, 3.05) is 11.1 Å². The highest BCUT2D eigenvalue weighted by Crippen LogP contribution is 2.24. The van der Waals surface area contributed by atoms with Gasteiger partial charge in [0, 0.05) is 4.47 Å². The largest absolute Gasteiger partial charge is 0.459 e. The second-order valence-corrected chi connectivity index (χ2v) is 5.95. The molecule has 0 spiro atoms. The summed E-state index contributed by atoms with van der Waals surface area (Å²) < 4.78 is 11.4. The maximum Gasteiger partial charge on any atom is 0.284 e. The van der Waals surface area contributed by atoms with E-state index in [1.165, 1.54) is 6.26 Å². The van der Waals surface area contributed by atoms with Crippen LogP contribution in [0.15, 0.2) is 61.2 Å². The summed E-state index contributed by atoms with van der Waals surface area (Å²) in [5, 5.41) is 10.8. The summed E-state index contributed by atoms with van der Waals surface area (Å²) in [5.41, 5.74) is 0.718. The molecular weight excluding hydrogens is 370 g/mol. The maximum absolute atomic E-state index is 11.9. The Kier molecular flexibility index (Phi) is 4.59. The van der Waals surface area contributed by atoms with Gasteiger partial charge in [-0.3, -0.25) is 4.79 Å². The molecule has 8 heteroatoms. The zero-order chi connectivity index (χ0) is 15.4. The Bertz CT molecular complexity index is 773. The zero-order valence-corrected chi connectivity index (χ0v) is 13.6. The fraction of sp³-hybridized carbons (Fsp3) is 0.0714. The summed E-state index contributed by atoms with van der Waals surface area (Å²) in [5.74, 6) is 0.798. The number of nitrogens with one attached hydrogen (secondary N) is 1. The average Bonchev–Trinajstić information content (AvgIpc) is 3.18. The van der Waals surface area contributed by atoms with Crippen LogP contribution in [0.1, 0.15) is 0 Å². The Morgan fingerprint density at radius 3 is 2.86 bits per heavy atom. The number of para-hydroxylation sites is 1. The van der Waals surface area contributed by atoms with Gasteiger partial charge >= 0.3 is 0 Å². The molecule has 2 heterocycles. The molecule has 0 aliphatic heterocycles. The Labute approximate surface area is 138 Å². The van der Waals surface area contributed by atoms with E-state index in [9.17, 15) is 4.79 Å². The van der Waals surface area contributed by atoms with E-state index in [0.717, 1.165) is 21.9 Å². The summed E-state index contributed by atoms with van der Waals surface area (Å²) in [6.45, 7) is 0. The Morgan fingerprint density at radius 2 is 2.09 bits per heavy atom. The van der Waals surface area contributed by atoms with E-state index < -0.39 is 0 Å².